The van der Waals surface area contributed by atoms with E-state index in [1.165, 1.54) is 6.07 Å². The van der Waals surface area contributed by atoms with E-state index in [-0.39, 0.29) is 11.1 Å². The van der Waals surface area contributed by atoms with Gasteiger partial charge >= 0.3 is 0 Å². The van der Waals surface area contributed by atoms with Gasteiger partial charge in [0.05, 0.1) is 24.3 Å². The van der Waals surface area contributed by atoms with Gasteiger partial charge in [0.25, 0.3) is 0 Å². The van der Waals surface area contributed by atoms with Crippen molar-refractivity contribution < 1.29 is 9.13 Å². The molecule has 0 amide bonds. The molecule has 1 unspecified atom stereocenters. The summed E-state index contributed by atoms with van der Waals surface area (Å²) in [6.45, 7) is 3.16. The number of benzene rings is 1. The van der Waals surface area contributed by atoms with Crippen LogP contribution >= 0.6 is 11.6 Å². The Morgan fingerprint density at radius 2 is 2.17 bits per heavy atom. The molecule has 100 valence electrons. The Balaban J connectivity index is 2.09. The van der Waals surface area contributed by atoms with Gasteiger partial charge in [-0.3, -0.25) is 0 Å². The number of nitrogens with two attached hydrogens (primary N) is 1. The maximum atomic E-state index is 13.9. The Bertz CT molecular complexity index is 399. The van der Waals surface area contributed by atoms with Gasteiger partial charge in [0.1, 0.15) is 5.82 Å². The van der Waals surface area contributed by atoms with Gasteiger partial charge in [-0.1, -0.05) is 23.7 Å². The van der Waals surface area contributed by atoms with Crippen molar-refractivity contribution in [1.82, 2.24) is 10.4 Å². The minimum atomic E-state index is -0.407. The van der Waals surface area contributed by atoms with Crippen molar-refractivity contribution in [1.29, 1.82) is 0 Å². The fourth-order valence-corrected chi connectivity index (χ4v) is 2.13. The third kappa shape index (κ3) is 3.18. The largest absolute Gasteiger partial charge is 0.379 e. The number of hydrogen-bond acceptors (Lipinski definition) is 4. The van der Waals surface area contributed by atoms with E-state index in [2.05, 4.69) is 5.43 Å². The minimum Gasteiger partial charge on any atom is -0.379 e. The molecule has 6 heteroatoms. The van der Waals surface area contributed by atoms with Crippen LogP contribution in [0.2, 0.25) is 5.02 Å². The Labute approximate surface area is 111 Å². The predicted molar refractivity (Wildman–Crippen MR) is 68.7 cm³/mol. The van der Waals surface area contributed by atoms with Crippen LogP contribution < -0.4 is 11.2 Å². The second-order valence-corrected chi connectivity index (χ2v) is 4.57. The van der Waals surface area contributed by atoms with Crippen LogP contribution in [0.1, 0.15) is 11.6 Å². The first-order chi connectivity index (χ1) is 8.72. The second kappa shape index (κ2) is 6.45. The summed E-state index contributed by atoms with van der Waals surface area (Å²) in [7, 11) is 0. The highest BCUT2D eigenvalue weighted by Crippen LogP contribution is 2.23. The van der Waals surface area contributed by atoms with Crippen LogP contribution in [0, 0.1) is 5.82 Å². The zero-order valence-corrected chi connectivity index (χ0v) is 10.8. The molecular formula is C12H17ClFN3O. The maximum absolute atomic E-state index is 13.9. The van der Waals surface area contributed by atoms with Gasteiger partial charge in [-0.25, -0.2) is 14.8 Å². The monoisotopic (exact) mass is 273 g/mol. The smallest absolute Gasteiger partial charge is 0.146 e. The molecule has 0 radical (unpaired) electrons. The van der Waals surface area contributed by atoms with Crippen LogP contribution in [0.25, 0.3) is 0 Å². The average Bonchev–Trinajstić information content (AvgIpc) is 2.41. The van der Waals surface area contributed by atoms with E-state index in [4.69, 9.17) is 22.1 Å². The zero-order valence-electron chi connectivity index (χ0n) is 10.0. The first-order valence-electron chi connectivity index (χ1n) is 5.95. The number of nitrogens with zero attached hydrogens (tertiary/aromatic N) is 1. The van der Waals surface area contributed by atoms with Crippen molar-refractivity contribution in [2.45, 2.75) is 6.04 Å². The molecule has 1 heterocycles. The maximum Gasteiger partial charge on any atom is 0.146 e. The molecule has 1 aliphatic rings. The molecule has 0 aromatic heterocycles. The minimum absolute atomic E-state index is 0.120. The first kappa shape index (κ1) is 13.7. The van der Waals surface area contributed by atoms with Crippen molar-refractivity contribution in [3.63, 3.8) is 0 Å². The number of rotatable bonds is 4. The fourth-order valence-electron chi connectivity index (χ4n) is 1.95. The third-order valence-corrected chi connectivity index (χ3v) is 3.23. The van der Waals surface area contributed by atoms with E-state index in [1.54, 1.807) is 12.1 Å². The summed E-state index contributed by atoms with van der Waals surface area (Å²) in [6.07, 6.45) is 0. The molecule has 3 N–H and O–H groups in total. The van der Waals surface area contributed by atoms with Gasteiger partial charge in [-0.15, -0.1) is 0 Å². The predicted octanol–water partition coefficient (Wildman–Crippen LogP) is 1.32. The summed E-state index contributed by atoms with van der Waals surface area (Å²) in [5.74, 6) is -0.407. The molecule has 1 saturated heterocycles. The standard InChI is InChI=1S/C12H17ClFN3O/c13-10-3-1-2-9(12(10)14)11(8-15)16-17-4-6-18-7-5-17/h1-3,11,16H,4-8,15H2. The Morgan fingerprint density at radius 1 is 1.44 bits per heavy atom. The molecule has 1 atom stereocenters. The quantitative estimate of drug-likeness (QED) is 0.869. The van der Waals surface area contributed by atoms with Gasteiger partial charge in [0.15, 0.2) is 0 Å². The van der Waals surface area contributed by atoms with Crippen LogP contribution in [-0.4, -0.2) is 37.9 Å². The SMILES string of the molecule is NCC(NN1CCOCC1)c1cccc(Cl)c1F. The molecule has 18 heavy (non-hydrogen) atoms. The van der Waals surface area contributed by atoms with Gasteiger partial charge < -0.3 is 10.5 Å². The average molecular weight is 274 g/mol. The summed E-state index contributed by atoms with van der Waals surface area (Å²) < 4.78 is 19.2. The van der Waals surface area contributed by atoms with Gasteiger partial charge in [0, 0.05) is 25.2 Å². The van der Waals surface area contributed by atoms with Crippen molar-refractivity contribution in [2.75, 3.05) is 32.8 Å². The summed E-state index contributed by atoms with van der Waals surface area (Å²) in [4.78, 5) is 0. The fraction of sp³-hybridized carbons (Fsp3) is 0.500. The highest BCUT2D eigenvalue weighted by Gasteiger charge is 2.19. The van der Waals surface area contributed by atoms with Gasteiger partial charge in [-0.2, -0.15) is 0 Å². The number of ether oxygens (including phenoxy) is 1. The van der Waals surface area contributed by atoms with Gasteiger partial charge in [0.2, 0.25) is 0 Å². The summed E-state index contributed by atoms with van der Waals surface area (Å²) >= 11 is 5.78. The number of hydrogen-bond donors (Lipinski definition) is 2. The third-order valence-electron chi connectivity index (χ3n) is 2.94. The molecule has 0 bridgehead atoms. The lowest BCUT2D eigenvalue weighted by Gasteiger charge is -2.31. The summed E-state index contributed by atoms with van der Waals surface area (Å²) in [5.41, 5.74) is 9.43. The number of hydrazine groups is 1. The molecular weight excluding hydrogens is 257 g/mol. The van der Waals surface area contributed by atoms with Crippen LogP contribution in [0.3, 0.4) is 0 Å². The van der Waals surface area contributed by atoms with Crippen LogP contribution in [0.4, 0.5) is 4.39 Å². The van der Waals surface area contributed by atoms with E-state index < -0.39 is 5.82 Å². The van der Waals surface area contributed by atoms with Gasteiger partial charge in [-0.05, 0) is 6.07 Å². The summed E-state index contributed by atoms with van der Waals surface area (Å²) in [6, 6.07) is 4.68. The van der Waals surface area contributed by atoms with E-state index in [0.29, 0.717) is 25.3 Å². The van der Waals surface area contributed by atoms with Crippen LogP contribution in [-0.2, 0) is 4.74 Å². The van der Waals surface area contributed by atoms with Crippen molar-refractivity contribution in [2.24, 2.45) is 5.73 Å². The molecule has 2 rings (SSSR count). The topological polar surface area (TPSA) is 50.5 Å². The van der Waals surface area contributed by atoms with Crippen molar-refractivity contribution >= 4 is 11.6 Å². The second-order valence-electron chi connectivity index (χ2n) is 4.16. The van der Waals surface area contributed by atoms with E-state index in [9.17, 15) is 4.39 Å². The summed E-state index contributed by atoms with van der Waals surface area (Å²) in [5, 5.41) is 2.12. The van der Waals surface area contributed by atoms with Crippen molar-refractivity contribution in [3.8, 4) is 0 Å². The lowest BCUT2D eigenvalue weighted by atomic mass is 10.1. The Morgan fingerprint density at radius 3 is 2.83 bits per heavy atom. The first-order valence-corrected chi connectivity index (χ1v) is 6.33. The van der Waals surface area contributed by atoms with E-state index in [1.807, 2.05) is 5.01 Å². The molecule has 0 spiro atoms. The molecule has 0 aliphatic carbocycles. The van der Waals surface area contributed by atoms with Crippen LogP contribution in [0.5, 0.6) is 0 Å². The molecule has 4 nitrogen and oxygen atoms in total. The Kier molecular flexibility index (Phi) is 4.91. The molecule has 1 aromatic rings. The lowest BCUT2D eigenvalue weighted by Crippen LogP contribution is -2.48. The number of morpholine rings is 1. The Hall–Kier alpha value is -0.720. The molecule has 0 saturated carbocycles. The van der Waals surface area contributed by atoms with Crippen molar-refractivity contribution in [3.05, 3.63) is 34.6 Å². The highest BCUT2D eigenvalue weighted by atomic mass is 35.5. The molecule has 1 aliphatic heterocycles. The lowest BCUT2D eigenvalue weighted by molar-refractivity contribution is 0.00379. The zero-order chi connectivity index (χ0) is 13.0. The highest BCUT2D eigenvalue weighted by molar-refractivity contribution is 6.30. The number of halogens is 2. The van der Waals surface area contributed by atoms with Crippen LogP contribution in [0.15, 0.2) is 18.2 Å². The van der Waals surface area contributed by atoms with E-state index in [0.717, 1.165) is 13.1 Å². The number of nitrogens with one attached hydrogen (secondary N) is 1. The molecule has 1 aromatic carbocycles. The normalized spacial score (nSPS) is 18.8. The van der Waals surface area contributed by atoms with E-state index >= 15 is 0 Å². The molecule has 1 fully saturated rings.